The lowest BCUT2D eigenvalue weighted by Crippen LogP contribution is -2.48. The molecule has 2 aliphatic rings. The molecule has 82 valence electrons. The summed E-state index contributed by atoms with van der Waals surface area (Å²) in [5.74, 6) is 0. The van der Waals surface area contributed by atoms with Gasteiger partial charge in [-0.3, -0.25) is 4.90 Å². The number of likely N-dealkylation sites (tertiary alicyclic amines) is 1. The second-order valence-corrected chi connectivity index (χ2v) is 6.18. The van der Waals surface area contributed by atoms with Crippen LogP contribution in [0.5, 0.6) is 0 Å². The third-order valence-corrected chi connectivity index (χ3v) is 5.54. The van der Waals surface area contributed by atoms with Crippen LogP contribution in [0.25, 0.3) is 0 Å². The summed E-state index contributed by atoms with van der Waals surface area (Å²) in [6.07, 6.45) is 7.69. The third-order valence-electron chi connectivity index (χ3n) is 4.13. The van der Waals surface area contributed by atoms with E-state index < -0.39 is 0 Å². The Balaban J connectivity index is 1.90. The fourth-order valence-corrected chi connectivity index (χ4v) is 3.61. The standard InChI is InChI=1S/C11H22N2S/c1-9-10(12)4-7-13(9)8-11(14-2)5-3-6-11/h9-10H,3-8,12H2,1-2H3. The van der Waals surface area contributed by atoms with Crippen molar-refractivity contribution in [3.63, 3.8) is 0 Å². The fraction of sp³-hybridized carbons (Fsp3) is 1.00. The molecule has 1 saturated heterocycles. The van der Waals surface area contributed by atoms with Crippen molar-refractivity contribution in [3.05, 3.63) is 0 Å². The molecule has 2 N–H and O–H groups in total. The first-order valence-corrected chi connectivity index (χ1v) is 6.94. The summed E-state index contributed by atoms with van der Waals surface area (Å²) in [6, 6.07) is 1.01. The molecule has 1 aliphatic carbocycles. The summed E-state index contributed by atoms with van der Waals surface area (Å²) in [7, 11) is 0. The Kier molecular flexibility index (Phi) is 3.10. The average Bonchev–Trinajstić information content (AvgIpc) is 2.42. The number of thioether (sulfide) groups is 1. The largest absolute Gasteiger partial charge is 0.326 e. The number of nitrogens with two attached hydrogens (primary N) is 1. The first-order chi connectivity index (χ1) is 6.67. The van der Waals surface area contributed by atoms with Crippen molar-refractivity contribution in [2.75, 3.05) is 19.3 Å². The van der Waals surface area contributed by atoms with Crippen LogP contribution in [0.4, 0.5) is 0 Å². The molecule has 2 rings (SSSR count). The van der Waals surface area contributed by atoms with E-state index in [0.29, 0.717) is 16.8 Å². The van der Waals surface area contributed by atoms with Crippen molar-refractivity contribution in [2.24, 2.45) is 5.73 Å². The molecule has 2 fully saturated rings. The summed E-state index contributed by atoms with van der Waals surface area (Å²) in [5.41, 5.74) is 6.04. The Morgan fingerprint density at radius 2 is 2.21 bits per heavy atom. The van der Waals surface area contributed by atoms with Crippen LogP contribution >= 0.6 is 11.8 Å². The summed E-state index contributed by atoms with van der Waals surface area (Å²) in [6.45, 7) is 4.76. The Morgan fingerprint density at radius 3 is 2.57 bits per heavy atom. The van der Waals surface area contributed by atoms with Crippen LogP contribution in [0, 0.1) is 0 Å². The van der Waals surface area contributed by atoms with Crippen molar-refractivity contribution >= 4 is 11.8 Å². The van der Waals surface area contributed by atoms with Crippen LogP contribution in [-0.4, -0.2) is 41.1 Å². The molecule has 2 unspecified atom stereocenters. The Hall–Kier alpha value is 0.270. The molecular weight excluding hydrogens is 192 g/mol. The van der Waals surface area contributed by atoms with Crippen molar-refractivity contribution in [2.45, 2.75) is 49.4 Å². The van der Waals surface area contributed by atoms with E-state index in [9.17, 15) is 0 Å². The Morgan fingerprint density at radius 1 is 1.50 bits per heavy atom. The molecule has 2 atom stereocenters. The number of hydrogen-bond donors (Lipinski definition) is 1. The van der Waals surface area contributed by atoms with Gasteiger partial charge in [0.15, 0.2) is 0 Å². The van der Waals surface area contributed by atoms with Crippen molar-refractivity contribution in [1.82, 2.24) is 4.90 Å². The summed E-state index contributed by atoms with van der Waals surface area (Å²) in [5, 5.41) is 0. The van der Waals surface area contributed by atoms with Crippen LogP contribution in [0.2, 0.25) is 0 Å². The van der Waals surface area contributed by atoms with Crippen molar-refractivity contribution in [1.29, 1.82) is 0 Å². The SMILES string of the molecule is CSC1(CN2CCC(N)C2C)CCC1. The predicted octanol–water partition coefficient (Wildman–Crippen LogP) is 1.69. The van der Waals surface area contributed by atoms with Gasteiger partial charge in [-0.15, -0.1) is 0 Å². The van der Waals surface area contributed by atoms with Crippen LogP contribution in [-0.2, 0) is 0 Å². The molecule has 0 aromatic rings. The maximum Gasteiger partial charge on any atom is 0.0284 e. The quantitative estimate of drug-likeness (QED) is 0.775. The zero-order valence-electron chi connectivity index (χ0n) is 9.33. The van der Waals surface area contributed by atoms with Gasteiger partial charge < -0.3 is 5.73 Å². The van der Waals surface area contributed by atoms with Gasteiger partial charge in [-0.2, -0.15) is 11.8 Å². The zero-order chi connectivity index (χ0) is 10.2. The van der Waals surface area contributed by atoms with E-state index >= 15 is 0 Å². The molecule has 2 nitrogen and oxygen atoms in total. The highest BCUT2D eigenvalue weighted by Gasteiger charge is 2.40. The second kappa shape index (κ2) is 4.03. The highest BCUT2D eigenvalue weighted by atomic mass is 32.2. The topological polar surface area (TPSA) is 29.3 Å². The van der Waals surface area contributed by atoms with Crippen LogP contribution in [0.3, 0.4) is 0 Å². The molecule has 1 heterocycles. The summed E-state index contributed by atoms with van der Waals surface area (Å²) >= 11 is 2.07. The molecule has 14 heavy (non-hydrogen) atoms. The highest BCUT2D eigenvalue weighted by molar-refractivity contribution is 8.00. The predicted molar refractivity (Wildman–Crippen MR) is 63.7 cm³/mol. The molecule has 0 aromatic heterocycles. The van der Waals surface area contributed by atoms with E-state index in [1.807, 2.05) is 0 Å². The molecule has 1 saturated carbocycles. The van der Waals surface area contributed by atoms with Crippen molar-refractivity contribution in [3.8, 4) is 0 Å². The minimum absolute atomic E-state index is 0.411. The molecule has 0 spiro atoms. The summed E-state index contributed by atoms with van der Waals surface area (Å²) < 4.78 is 0.582. The van der Waals surface area contributed by atoms with Gasteiger partial charge in [0.25, 0.3) is 0 Å². The lowest BCUT2D eigenvalue weighted by molar-refractivity contribution is 0.192. The maximum absolute atomic E-state index is 6.04. The van der Waals surface area contributed by atoms with Gasteiger partial charge in [0.1, 0.15) is 0 Å². The molecule has 0 radical (unpaired) electrons. The second-order valence-electron chi connectivity index (χ2n) is 4.90. The van der Waals surface area contributed by atoms with Crippen LogP contribution in [0.1, 0.15) is 32.6 Å². The monoisotopic (exact) mass is 214 g/mol. The maximum atomic E-state index is 6.04. The van der Waals surface area contributed by atoms with E-state index in [0.717, 1.165) is 0 Å². The van der Waals surface area contributed by atoms with Crippen molar-refractivity contribution < 1.29 is 0 Å². The molecule has 0 aromatic carbocycles. The molecule has 0 bridgehead atoms. The lowest BCUT2D eigenvalue weighted by Gasteiger charge is -2.44. The van der Waals surface area contributed by atoms with Gasteiger partial charge in [0, 0.05) is 29.9 Å². The van der Waals surface area contributed by atoms with E-state index in [1.165, 1.54) is 38.8 Å². The average molecular weight is 214 g/mol. The van der Waals surface area contributed by atoms with Gasteiger partial charge in [-0.1, -0.05) is 6.42 Å². The van der Waals surface area contributed by atoms with Gasteiger partial charge in [-0.25, -0.2) is 0 Å². The minimum Gasteiger partial charge on any atom is -0.326 e. The lowest BCUT2D eigenvalue weighted by atomic mass is 9.83. The normalized spacial score (nSPS) is 37.1. The van der Waals surface area contributed by atoms with E-state index in [1.54, 1.807) is 0 Å². The van der Waals surface area contributed by atoms with E-state index in [-0.39, 0.29) is 0 Å². The van der Waals surface area contributed by atoms with Crippen LogP contribution in [0.15, 0.2) is 0 Å². The fourth-order valence-electron chi connectivity index (χ4n) is 2.62. The Bertz CT molecular complexity index is 198. The molecular formula is C11H22N2S. The molecule has 3 heteroatoms. The van der Waals surface area contributed by atoms with Gasteiger partial charge in [-0.05, 0) is 32.4 Å². The van der Waals surface area contributed by atoms with E-state index in [4.69, 9.17) is 5.73 Å². The number of hydrogen-bond acceptors (Lipinski definition) is 3. The smallest absolute Gasteiger partial charge is 0.0284 e. The minimum atomic E-state index is 0.411. The number of rotatable bonds is 3. The van der Waals surface area contributed by atoms with Gasteiger partial charge >= 0.3 is 0 Å². The van der Waals surface area contributed by atoms with Crippen LogP contribution < -0.4 is 5.73 Å². The van der Waals surface area contributed by atoms with Gasteiger partial charge in [0.2, 0.25) is 0 Å². The first-order valence-electron chi connectivity index (χ1n) is 5.72. The molecule has 0 amide bonds. The first kappa shape index (κ1) is 10.8. The Labute approximate surface area is 91.6 Å². The van der Waals surface area contributed by atoms with Gasteiger partial charge in [0.05, 0.1) is 0 Å². The molecule has 1 aliphatic heterocycles. The zero-order valence-corrected chi connectivity index (χ0v) is 10.1. The summed E-state index contributed by atoms with van der Waals surface area (Å²) in [4.78, 5) is 2.60. The highest BCUT2D eigenvalue weighted by Crippen LogP contribution is 2.44. The van der Waals surface area contributed by atoms with E-state index in [2.05, 4.69) is 29.8 Å². The third kappa shape index (κ3) is 1.82. The number of nitrogens with zero attached hydrogens (tertiary/aromatic N) is 1.